The molecule has 1 aromatic heterocycles. The lowest BCUT2D eigenvalue weighted by Gasteiger charge is -2.25. The second-order valence-corrected chi connectivity index (χ2v) is 5.49. The Morgan fingerprint density at radius 3 is 2.45 bits per heavy atom. The number of carbonyl (C=O) groups excluding carboxylic acids is 1. The molecule has 1 aliphatic rings. The fourth-order valence-electron chi connectivity index (χ4n) is 2.14. The molecule has 2 heterocycles. The summed E-state index contributed by atoms with van der Waals surface area (Å²) in [5.41, 5.74) is 0.953. The fraction of sp³-hybridized carbons (Fsp3) is 0.267. The minimum absolute atomic E-state index is 0.0725. The van der Waals surface area contributed by atoms with E-state index >= 15 is 0 Å². The van der Waals surface area contributed by atoms with Crippen molar-refractivity contribution in [3.63, 3.8) is 0 Å². The number of carbonyl (C=O) groups is 1. The predicted molar refractivity (Wildman–Crippen MR) is 78.6 cm³/mol. The molecule has 20 heavy (non-hydrogen) atoms. The van der Waals surface area contributed by atoms with Crippen LogP contribution in [0.15, 0.2) is 45.3 Å². The Morgan fingerprint density at radius 2 is 1.75 bits per heavy atom. The van der Waals surface area contributed by atoms with E-state index in [1.54, 1.807) is 11.0 Å². The van der Waals surface area contributed by atoms with Gasteiger partial charge in [-0.2, -0.15) is 0 Å². The highest BCUT2D eigenvalue weighted by Crippen LogP contribution is 2.24. The van der Waals surface area contributed by atoms with Crippen LogP contribution in [-0.2, 0) is 4.74 Å². The normalized spacial score (nSPS) is 15.3. The molecule has 0 atom stereocenters. The molecule has 0 bridgehead atoms. The highest BCUT2D eigenvalue weighted by atomic mass is 79.9. The summed E-state index contributed by atoms with van der Waals surface area (Å²) in [5.74, 6) is 1.01. The van der Waals surface area contributed by atoms with Crippen molar-refractivity contribution in [3.05, 3.63) is 46.6 Å². The zero-order chi connectivity index (χ0) is 13.9. The molecule has 1 aromatic carbocycles. The van der Waals surface area contributed by atoms with Gasteiger partial charge in [-0.05, 0) is 24.3 Å². The average molecular weight is 336 g/mol. The molecule has 0 saturated carbocycles. The van der Waals surface area contributed by atoms with E-state index in [0.29, 0.717) is 37.8 Å². The number of rotatable bonds is 2. The van der Waals surface area contributed by atoms with Crippen molar-refractivity contribution in [1.29, 1.82) is 0 Å². The van der Waals surface area contributed by atoms with Crippen molar-refractivity contribution in [2.45, 2.75) is 0 Å². The smallest absolute Gasteiger partial charge is 0.289 e. The van der Waals surface area contributed by atoms with Crippen LogP contribution >= 0.6 is 15.9 Å². The van der Waals surface area contributed by atoms with Crippen molar-refractivity contribution in [3.8, 4) is 11.3 Å². The maximum atomic E-state index is 12.3. The van der Waals surface area contributed by atoms with Crippen LogP contribution in [0.25, 0.3) is 11.3 Å². The van der Waals surface area contributed by atoms with Gasteiger partial charge in [0.1, 0.15) is 5.76 Å². The van der Waals surface area contributed by atoms with Gasteiger partial charge >= 0.3 is 0 Å². The van der Waals surface area contributed by atoms with Crippen LogP contribution in [0, 0.1) is 0 Å². The second kappa shape index (κ2) is 5.81. The van der Waals surface area contributed by atoms with E-state index in [1.165, 1.54) is 0 Å². The fourth-order valence-corrected chi connectivity index (χ4v) is 2.41. The molecule has 3 rings (SSSR count). The Kier molecular flexibility index (Phi) is 3.89. The molecule has 0 radical (unpaired) electrons. The third-order valence-electron chi connectivity index (χ3n) is 3.24. The summed E-state index contributed by atoms with van der Waals surface area (Å²) in [7, 11) is 0. The number of furan rings is 1. The van der Waals surface area contributed by atoms with Gasteiger partial charge in [-0.15, -0.1) is 0 Å². The third kappa shape index (κ3) is 2.78. The number of nitrogens with zero attached hydrogens (tertiary/aromatic N) is 1. The first-order valence-electron chi connectivity index (χ1n) is 6.47. The van der Waals surface area contributed by atoms with Crippen LogP contribution in [0.3, 0.4) is 0 Å². The summed E-state index contributed by atoms with van der Waals surface area (Å²) in [4.78, 5) is 14.0. The summed E-state index contributed by atoms with van der Waals surface area (Å²) in [5, 5.41) is 0. The van der Waals surface area contributed by atoms with Gasteiger partial charge in [0.25, 0.3) is 5.91 Å². The lowest BCUT2D eigenvalue weighted by Crippen LogP contribution is -2.40. The Hall–Kier alpha value is -1.59. The molecule has 1 aliphatic heterocycles. The second-order valence-electron chi connectivity index (χ2n) is 4.58. The number of amides is 1. The van der Waals surface area contributed by atoms with Crippen molar-refractivity contribution >= 4 is 21.8 Å². The van der Waals surface area contributed by atoms with Crippen LogP contribution in [0.1, 0.15) is 10.6 Å². The predicted octanol–water partition coefficient (Wildman–Crippen LogP) is 3.18. The third-order valence-corrected chi connectivity index (χ3v) is 3.77. The van der Waals surface area contributed by atoms with Crippen LogP contribution in [0.2, 0.25) is 0 Å². The number of halogens is 1. The van der Waals surface area contributed by atoms with Gasteiger partial charge in [0.05, 0.1) is 13.2 Å². The SMILES string of the molecule is O=C(c1ccc(-c2ccc(Br)cc2)o1)N1CCOCC1. The zero-order valence-corrected chi connectivity index (χ0v) is 12.4. The van der Waals surface area contributed by atoms with Gasteiger partial charge in [-0.3, -0.25) is 4.79 Å². The minimum Gasteiger partial charge on any atom is -0.451 e. The summed E-state index contributed by atoms with van der Waals surface area (Å²) in [6, 6.07) is 11.4. The number of hydrogen-bond acceptors (Lipinski definition) is 3. The molecule has 2 aromatic rings. The van der Waals surface area contributed by atoms with E-state index in [4.69, 9.17) is 9.15 Å². The van der Waals surface area contributed by atoms with E-state index in [1.807, 2.05) is 30.3 Å². The Morgan fingerprint density at radius 1 is 1.05 bits per heavy atom. The van der Waals surface area contributed by atoms with Gasteiger partial charge in [0.15, 0.2) is 5.76 Å². The maximum absolute atomic E-state index is 12.3. The lowest BCUT2D eigenvalue weighted by atomic mass is 10.2. The van der Waals surface area contributed by atoms with Crippen molar-refractivity contribution in [2.24, 2.45) is 0 Å². The van der Waals surface area contributed by atoms with Gasteiger partial charge in [0, 0.05) is 23.1 Å². The van der Waals surface area contributed by atoms with Crippen LogP contribution < -0.4 is 0 Å². The number of morpholine rings is 1. The minimum atomic E-state index is -0.0725. The average Bonchev–Trinajstić information content (AvgIpc) is 2.98. The first-order valence-corrected chi connectivity index (χ1v) is 7.26. The Labute approximate surface area is 125 Å². The van der Waals surface area contributed by atoms with Crippen molar-refractivity contribution < 1.29 is 13.9 Å². The highest BCUT2D eigenvalue weighted by Gasteiger charge is 2.21. The molecule has 4 nitrogen and oxygen atoms in total. The van der Waals surface area contributed by atoms with Gasteiger partial charge in [-0.1, -0.05) is 28.1 Å². The quantitative estimate of drug-likeness (QED) is 0.846. The Bertz CT molecular complexity index is 600. The number of hydrogen-bond donors (Lipinski definition) is 0. The molecular weight excluding hydrogens is 322 g/mol. The largest absolute Gasteiger partial charge is 0.451 e. The number of benzene rings is 1. The van der Waals surface area contributed by atoms with E-state index in [9.17, 15) is 4.79 Å². The van der Waals surface area contributed by atoms with Gasteiger partial charge in [0.2, 0.25) is 0 Å². The number of ether oxygens (including phenoxy) is 1. The molecule has 1 amide bonds. The molecule has 0 N–H and O–H groups in total. The standard InChI is InChI=1S/C15H14BrNO3/c16-12-3-1-11(2-4-12)13-5-6-14(20-13)15(18)17-7-9-19-10-8-17/h1-6H,7-10H2. The molecule has 0 aliphatic carbocycles. The highest BCUT2D eigenvalue weighted by molar-refractivity contribution is 9.10. The molecule has 0 spiro atoms. The molecule has 104 valence electrons. The Balaban J connectivity index is 1.79. The zero-order valence-electron chi connectivity index (χ0n) is 10.8. The van der Waals surface area contributed by atoms with Gasteiger partial charge in [-0.25, -0.2) is 0 Å². The first-order chi connectivity index (χ1) is 9.74. The van der Waals surface area contributed by atoms with Gasteiger partial charge < -0.3 is 14.1 Å². The molecule has 5 heteroatoms. The van der Waals surface area contributed by atoms with E-state index < -0.39 is 0 Å². The molecular formula is C15H14BrNO3. The topological polar surface area (TPSA) is 42.7 Å². The van der Waals surface area contributed by atoms with Crippen molar-refractivity contribution in [1.82, 2.24) is 4.90 Å². The summed E-state index contributed by atoms with van der Waals surface area (Å²) >= 11 is 3.40. The first kappa shape index (κ1) is 13.4. The summed E-state index contributed by atoms with van der Waals surface area (Å²) < 4.78 is 11.9. The van der Waals surface area contributed by atoms with E-state index in [2.05, 4.69) is 15.9 Å². The van der Waals surface area contributed by atoms with Crippen LogP contribution in [0.5, 0.6) is 0 Å². The van der Waals surface area contributed by atoms with E-state index in [-0.39, 0.29) is 5.91 Å². The van der Waals surface area contributed by atoms with E-state index in [0.717, 1.165) is 10.0 Å². The lowest BCUT2D eigenvalue weighted by molar-refractivity contribution is 0.0283. The van der Waals surface area contributed by atoms with Crippen LogP contribution in [0.4, 0.5) is 0 Å². The summed E-state index contributed by atoms with van der Waals surface area (Å²) in [6.07, 6.45) is 0. The summed E-state index contributed by atoms with van der Waals surface area (Å²) in [6.45, 7) is 2.42. The van der Waals surface area contributed by atoms with Crippen LogP contribution in [-0.4, -0.2) is 37.1 Å². The monoisotopic (exact) mass is 335 g/mol. The molecule has 1 fully saturated rings. The molecule has 0 unspecified atom stereocenters. The van der Waals surface area contributed by atoms with Crippen molar-refractivity contribution in [2.75, 3.05) is 26.3 Å². The maximum Gasteiger partial charge on any atom is 0.289 e. The molecule has 1 saturated heterocycles.